The predicted octanol–water partition coefficient (Wildman–Crippen LogP) is 13.7. The van der Waals surface area contributed by atoms with Crippen LogP contribution in [0.5, 0.6) is 11.5 Å². The molecule has 0 atom stereocenters. The van der Waals surface area contributed by atoms with Crippen molar-refractivity contribution in [2.45, 2.75) is 103 Å². The summed E-state index contributed by atoms with van der Waals surface area (Å²) >= 11 is 0. The highest BCUT2D eigenvalue weighted by Crippen LogP contribution is 2.72. The molecule has 326 valence electrons. The maximum atomic E-state index is 14.9. The Bertz CT molecular complexity index is 2140. The number of ether oxygens (including phenoxy) is 2. The van der Waals surface area contributed by atoms with Gasteiger partial charge in [0.2, 0.25) is 0 Å². The minimum atomic E-state index is -7.47. The molecule has 0 saturated heterocycles. The third-order valence-electron chi connectivity index (χ3n) is 7.50. The van der Waals surface area contributed by atoms with Crippen LogP contribution >= 0.6 is 10.3 Å². The summed E-state index contributed by atoms with van der Waals surface area (Å²) in [6.07, 6.45) is -36.1. The Balaban J connectivity index is 2.42. The van der Waals surface area contributed by atoms with Crippen LogP contribution in [0.1, 0.15) is 69.4 Å². The lowest BCUT2D eigenvalue weighted by molar-refractivity contribution is -0.191. The molecule has 4 rings (SSSR count). The van der Waals surface area contributed by atoms with Gasteiger partial charge in [-0.3, -0.25) is 0 Å². The number of benzene rings is 4. The molecular weight excluding hydrogens is 874 g/mol. The lowest BCUT2D eigenvalue weighted by Crippen LogP contribution is -2.34. The highest BCUT2D eigenvalue weighted by atomic mass is 32.3. The van der Waals surface area contributed by atoms with E-state index in [0.29, 0.717) is 0 Å². The van der Waals surface area contributed by atoms with Crippen LogP contribution in [-0.4, -0.2) is 19.6 Å². The van der Waals surface area contributed by atoms with Crippen molar-refractivity contribution in [1.82, 2.24) is 0 Å². The molecule has 59 heavy (non-hydrogen) atoms. The molecule has 0 aliphatic heterocycles. The van der Waals surface area contributed by atoms with E-state index in [-0.39, 0.29) is 11.5 Å². The van der Waals surface area contributed by atoms with Crippen LogP contribution in [0.25, 0.3) is 0 Å². The molecule has 0 fully saturated rings. The fourth-order valence-electron chi connectivity index (χ4n) is 5.82. The predicted molar refractivity (Wildman–Crippen MR) is 182 cm³/mol. The van der Waals surface area contributed by atoms with Crippen LogP contribution in [0.3, 0.4) is 0 Å². The van der Waals surface area contributed by atoms with Gasteiger partial charge in [-0.05, 0) is 88.2 Å². The minimum Gasteiger partial charge on any atom is -0.488 e. The summed E-state index contributed by atoms with van der Waals surface area (Å²) < 4.78 is 266. The van der Waals surface area contributed by atoms with Crippen molar-refractivity contribution in [3.63, 3.8) is 0 Å². The van der Waals surface area contributed by atoms with Gasteiger partial charge in [0.15, 0.2) is 0 Å². The summed E-state index contributed by atoms with van der Waals surface area (Å²) in [5, 5.41) is 0. The fourth-order valence-corrected chi connectivity index (χ4v) is 11.5. The van der Waals surface area contributed by atoms with E-state index < -0.39 is 110 Å². The second-order valence-electron chi connectivity index (χ2n) is 14.5. The number of halogens is 15. The van der Waals surface area contributed by atoms with E-state index in [1.165, 1.54) is 84.0 Å². The third-order valence-corrected chi connectivity index (χ3v) is 12.7. The fraction of sp³-hybridized carbons (Fsp3) is 0.351. The normalized spacial score (nSPS) is 14.3. The molecule has 0 aromatic heterocycles. The van der Waals surface area contributed by atoms with Crippen LogP contribution < -0.4 is 9.47 Å². The molecule has 4 aromatic rings. The SMILES string of the molecule is CC(C)(C)Oc1cc(OC(C)(C)C)cc(S(OS(=O)(=O)c2c(C(F)(F)F)c(C(F)(F)F)c(C(F)(F)F)c(C(F)(F)F)c2C(F)(F)F)(c2ccccc2)c2ccccc2)c1. The molecule has 0 unspecified atom stereocenters. The molecule has 0 aliphatic rings. The minimum absolute atomic E-state index is 0.223. The first kappa shape index (κ1) is 47.4. The van der Waals surface area contributed by atoms with Gasteiger partial charge in [-0.1, -0.05) is 36.4 Å². The largest absolute Gasteiger partial charge is 0.488 e. The molecular formula is C37H31F15O5S2. The molecule has 0 N–H and O–H groups in total. The second kappa shape index (κ2) is 15.3. The molecule has 0 spiro atoms. The molecule has 22 heteroatoms. The molecule has 0 aliphatic carbocycles. The molecule has 0 heterocycles. The van der Waals surface area contributed by atoms with Gasteiger partial charge in [-0.2, -0.15) is 74.3 Å². The van der Waals surface area contributed by atoms with Gasteiger partial charge in [0, 0.05) is 20.8 Å². The van der Waals surface area contributed by atoms with E-state index >= 15 is 0 Å². The Morgan fingerprint density at radius 2 is 0.695 bits per heavy atom. The first-order chi connectivity index (χ1) is 26.4. The number of hydrogen-bond donors (Lipinski definition) is 0. The van der Waals surface area contributed by atoms with E-state index in [1.807, 2.05) is 0 Å². The van der Waals surface area contributed by atoms with Gasteiger partial charge >= 0.3 is 41.0 Å². The summed E-state index contributed by atoms with van der Waals surface area (Å²) in [5.41, 5.74) is -24.0. The van der Waals surface area contributed by atoms with Crippen molar-refractivity contribution in [1.29, 1.82) is 0 Å². The van der Waals surface area contributed by atoms with Gasteiger partial charge < -0.3 is 9.47 Å². The van der Waals surface area contributed by atoms with Gasteiger partial charge in [0.1, 0.15) is 27.6 Å². The Kier molecular flexibility index (Phi) is 12.3. The topological polar surface area (TPSA) is 61.8 Å². The second-order valence-corrected chi connectivity index (χ2v) is 18.9. The Labute approximate surface area is 328 Å². The van der Waals surface area contributed by atoms with E-state index in [2.05, 4.69) is 0 Å². The van der Waals surface area contributed by atoms with Crippen molar-refractivity contribution in [2.75, 3.05) is 0 Å². The molecule has 5 nitrogen and oxygen atoms in total. The van der Waals surface area contributed by atoms with E-state index in [1.54, 1.807) is 0 Å². The van der Waals surface area contributed by atoms with Crippen molar-refractivity contribution in [3.8, 4) is 11.5 Å². The first-order valence-electron chi connectivity index (χ1n) is 16.4. The molecule has 0 bridgehead atoms. The van der Waals surface area contributed by atoms with Crippen LogP contribution in [0.4, 0.5) is 65.9 Å². The smallest absolute Gasteiger partial charge is 0.418 e. The zero-order valence-electron chi connectivity index (χ0n) is 31.0. The van der Waals surface area contributed by atoms with Crippen LogP contribution in [0.2, 0.25) is 0 Å². The Morgan fingerprint density at radius 3 is 0.966 bits per heavy atom. The quantitative estimate of drug-likeness (QED) is 0.165. The number of rotatable bonds is 8. The monoisotopic (exact) mass is 904 g/mol. The van der Waals surface area contributed by atoms with Gasteiger partial charge in [-0.15, -0.1) is 0 Å². The molecule has 0 amide bonds. The first-order valence-corrected chi connectivity index (χ1v) is 19.4. The third kappa shape index (κ3) is 10.4. The number of alkyl halides is 15. The van der Waals surface area contributed by atoms with Crippen LogP contribution in [0, 0.1) is 0 Å². The van der Waals surface area contributed by atoms with Gasteiger partial charge in [0.05, 0.1) is 27.8 Å². The van der Waals surface area contributed by atoms with Crippen molar-refractivity contribution >= 4 is 20.4 Å². The summed E-state index contributed by atoms with van der Waals surface area (Å²) in [7, 11) is -12.1. The van der Waals surface area contributed by atoms with Gasteiger partial charge in [0.25, 0.3) is 0 Å². The average molecular weight is 905 g/mol. The van der Waals surface area contributed by atoms with E-state index in [9.17, 15) is 74.3 Å². The van der Waals surface area contributed by atoms with E-state index in [0.717, 1.165) is 36.4 Å². The zero-order chi connectivity index (χ0) is 45.2. The van der Waals surface area contributed by atoms with Crippen molar-refractivity contribution < 1.29 is 87.4 Å². The summed E-state index contributed by atoms with van der Waals surface area (Å²) in [5.74, 6) is -0.446. The maximum Gasteiger partial charge on any atom is 0.418 e. The van der Waals surface area contributed by atoms with E-state index in [4.69, 9.17) is 13.1 Å². The van der Waals surface area contributed by atoms with Crippen LogP contribution in [0.15, 0.2) is 98.4 Å². The summed E-state index contributed by atoms with van der Waals surface area (Å²) in [4.78, 5) is -5.36. The summed E-state index contributed by atoms with van der Waals surface area (Å²) in [6, 6.07) is 14.6. The lowest BCUT2D eigenvalue weighted by Gasteiger charge is -2.40. The van der Waals surface area contributed by atoms with Crippen molar-refractivity contribution in [2.24, 2.45) is 0 Å². The lowest BCUT2D eigenvalue weighted by atomic mass is 9.89. The van der Waals surface area contributed by atoms with Crippen LogP contribution in [-0.2, 0) is 44.6 Å². The molecule has 0 saturated carbocycles. The Morgan fingerprint density at radius 1 is 0.407 bits per heavy atom. The molecule has 4 aromatic carbocycles. The maximum absolute atomic E-state index is 14.9. The highest BCUT2D eigenvalue weighted by Gasteiger charge is 2.63. The standard InChI is InChI=1S/C37H31F15O5S2/c1-31(2,3)55-20-17-21(56-32(4,5)6)19-24(18-20)58(22-13-9-7-10-14-22,23-15-11-8-12-16-23)57-59(53,54)30-28(36(47,48)49)26(34(41,42)43)25(33(38,39)40)27(35(44,45)46)29(30)37(50,51)52/h7-19H,1-6H3. The summed E-state index contributed by atoms with van der Waals surface area (Å²) in [6.45, 7) is 9.15. The highest BCUT2D eigenvalue weighted by molar-refractivity contribution is 8.33. The van der Waals surface area contributed by atoms with Gasteiger partial charge in [-0.25, -0.2) is 3.63 Å². The number of hydrogen-bond acceptors (Lipinski definition) is 5. The van der Waals surface area contributed by atoms with Crippen molar-refractivity contribution in [3.05, 3.63) is 107 Å². The average Bonchev–Trinajstić information content (AvgIpc) is 3.03. The zero-order valence-corrected chi connectivity index (χ0v) is 32.7. The molecule has 0 radical (unpaired) electrons. The Hall–Kier alpha value is -4.31.